The predicted octanol–water partition coefficient (Wildman–Crippen LogP) is 3.42. The molecular weight excluding hydrogens is 300 g/mol. The van der Waals surface area contributed by atoms with Gasteiger partial charge < -0.3 is 15.7 Å². The molecule has 3 rings (SSSR count). The molecule has 1 fully saturated rings. The van der Waals surface area contributed by atoms with E-state index in [-0.39, 0.29) is 17.9 Å². The van der Waals surface area contributed by atoms with Gasteiger partial charge in [-0.3, -0.25) is 4.79 Å². The van der Waals surface area contributed by atoms with Crippen molar-refractivity contribution in [2.24, 2.45) is 5.92 Å². The Balaban J connectivity index is 1.51. The first-order valence-electron chi connectivity index (χ1n) is 8.50. The van der Waals surface area contributed by atoms with Crippen LogP contribution in [0.2, 0.25) is 0 Å². The van der Waals surface area contributed by atoms with Crippen LogP contribution < -0.4 is 10.6 Å². The predicted molar refractivity (Wildman–Crippen MR) is 95.6 cm³/mol. The van der Waals surface area contributed by atoms with E-state index in [1.807, 2.05) is 54.6 Å². The van der Waals surface area contributed by atoms with E-state index in [4.69, 9.17) is 0 Å². The van der Waals surface area contributed by atoms with Gasteiger partial charge in [0.05, 0.1) is 6.10 Å². The number of anilines is 1. The minimum Gasteiger partial charge on any atom is -0.387 e. The van der Waals surface area contributed by atoms with Crippen molar-refractivity contribution < 1.29 is 9.90 Å². The number of nitrogens with one attached hydrogen (secondary N) is 2. The summed E-state index contributed by atoms with van der Waals surface area (Å²) < 4.78 is 0. The second kappa shape index (κ2) is 7.60. The summed E-state index contributed by atoms with van der Waals surface area (Å²) >= 11 is 0. The number of hydrogen-bond donors (Lipinski definition) is 3. The lowest BCUT2D eigenvalue weighted by atomic mass is 10.1. The van der Waals surface area contributed by atoms with Crippen molar-refractivity contribution in [3.05, 3.63) is 65.7 Å². The van der Waals surface area contributed by atoms with Crippen LogP contribution in [-0.2, 0) is 4.79 Å². The lowest BCUT2D eigenvalue weighted by Gasteiger charge is -2.18. The number of rotatable bonds is 7. The van der Waals surface area contributed by atoms with Crippen LogP contribution in [0.5, 0.6) is 0 Å². The summed E-state index contributed by atoms with van der Waals surface area (Å²) in [4.78, 5) is 11.8. The molecule has 2 aromatic carbocycles. The van der Waals surface area contributed by atoms with Gasteiger partial charge >= 0.3 is 0 Å². The fourth-order valence-corrected chi connectivity index (χ4v) is 2.64. The highest BCUT2D eigenvalue weighted by Gasteiger charge is 2.29. The molecule has 0 bridgehead atoms. The van der Waals surface area contributed by atoms with Crippen molar-refractivity contribution in [2.75, 3.05) is 11.9 Å². The van der Waals surface area contributed by atoms with Crippen LogP contribution in [0.3, 0.4) is 0 Å². The molecule has 0 radical (unpaired) electrons. The zero-order chi connectivity index (χ0) is 16.9. The summed E-state index contributed by atoms with van der Waals surface area (Å²) in [7, 11) is 0. The number of carbonyl (C=O) groups is 1. The van der Waals surface area contributed by atoms with Gasteiger partial charge in [0.2, 0.25) is 5.91 Å². The number of aliphatic hydroxyl groups excluding tert-OH is 1. The van der Waals surface area contributed by atoms with Gasteiger partial charge in [0, 0.05) is 24.2 Å². The zero-order valence-electron chi connectivity index (χ0n) is 13.9. The van der Waals surface area contributed by atoms with Gasteiger partial charge in [0.15, 0.2) is 0 Å². The SMILES string of the molecule is CC(NCC(O)c1ccccc1)c1ccc(NC(=O)C2CC2)cc1. The molecule has 24 heavy (non-hydrogen) atoms. The van der Waals surface area contributed by atoms with Gasteiger partial charge in [-0.1, -0.05) is 42.5 Å². The first-order chi connectivity index (χ1) is 11.6. The quantitative estimate of drug-likeness (QED) is 0.731. The molecule has 0 saturated heterocycles. The maximum Gasteiger partial charge on any atom is 0.227 e. The van der Waals surface area contributed by atoms with Gasteiger partial charge in [-0.25, -0.2) is 0 Å². The zero-order valence-corrected chi connectivity index (χ0v) is 13.9. The molecule has 1 saturated carbocycles. The number of amides is 1. The molecule has 4 heteroatoms. The topological polar surface area (TPSA) is 61.4 Å². The molecule has 2 atom stereocenters. The Labute approximate surface area is 142 Å². The van der Waals surface area contributed by atoms with Crippen LogP contribution >= 0.6 is 0 Å². The third kappa shape index (κ3) is 4.43. The normalized spacial score (nSPS) is 16.4. The minimum atomic E-state index is -0.522. The summed E-state index contributed by atoms with van der Waals surface area (Å²) in [5, 5.41) is 16.5. The van der Waals surface area contributed by atoms with Gasteiger partial charge in [-0.05, 0) is 43.0 Å². The molecule has 126 valence electrons. The van der Waals surface area contributed by atoms with Crippen LogP contribution in [0, 0.1) is 5.92 Å². The van der Waals surface area contributed by atoms with Crippen molar-refractivity contribution in [1.82, 2.24) is 5.32 Å². The van der Waals surface area contributed by atoms with E-state index in [0.717, 1.165) is 29.7 Å². The van der Waals surface area contributed by atoms with Crippen molar-refractivity contribution in [1.29, 1.82) is 0 Å². The Kier molecular flexibility index (Phi) is 5.28. The second-order valence-electron chi connectivity index (χ2n) is 6.44. The molecular formula is C20H24N2O2. The van der Waals surface area contributed by atoms with Gasteiger partial charge in [0.1, 0.15) is 0 Å². The molecule has 1 amide bonds. The fourth-order valence-electron chi connectivity index (χ4n) is 2.64. The van der Waals surface area contributed by atoms with Gasteiger partial charge in [0.25, 0.3) is 0 Å². The molecule has 1 aliphatic rings. The Morgan fingerprint density at radius 1 is 1.08 bits per heavy atom. The van der Waals surface area contributed by atoms with E-state index in [0.29, 0.717) is 6.54 Å². The smallest absolute Gasteiger partial charge is 0.227 e. The summed E-state index contributed by atoms with van der Waals surface area (Å²) in [6.07, 6.45) is 1.49. The van der Waals surface area contributed by atoms with Crippen LogP contribution in [0.15, 0.2) is 54.6 Å². The van der Waals surface area contributed by atoms with E-state index < -0.39 is 6.10 Å². The molecule has 1 aliphatic carbocycles. The lowest BCUT2D eigenvalue weighted by Crippen LogP contribution is -2.24. The third-order valence-electron chi connectivity index (χ3n) is 4.43. The van der Waals surface area contributed by atoms with Crippen molar-refractivity contribution in [2.45, 2.75) is 31.9 Å². The summed E-state index contributed by atoms with van der Waals surface area (Å²) in [6.45, 7) is 2.56. The highest BCUT2D eigenvalue weighted by Crippen LogP contribution is 2.30. The monoisotopic (exact) mass is 324 g/mol. The van der Waals surface area contributed by atoms with Crippen molar-refractivity contribution in [3.63, 3.8) is 0 Å². The molecule has 3 N–H and O–H groups in total. The highest BCUT2D eigenvalue weighted by molar-refractivity contribution is 5.94. The van der Waals surface area contributed by atoms with E-state index in [9.17, 15) is 9.90 Å². The van der Waals surface area contributed by atoms with Crippen LogP contribution in [0.1, 0.15) is 43.0 Å². The molecule has 0 aliphatic heterocycles. The molecule has 2 unspecified atom stereocenters. The van der Waals surface area contributed by atoms with E-state index in [1.54, 1.807) is 0 Å². The summed E-state index contributed by atoms with van der Waals surface area (Å²) in [5.74, 6) is 0.338. The van der Waals surface area contributed by atoms with Gasteiger partial charge in [-0.15, -0.1) is 0 Å². The molecule has 0 spiro atoms. The largest absolute Gasteiger partial charge is 0.387 e. The van der Waals surface area contributed by atoms with Crippen molar-refractivity contribution >= 4 is 11.6 Å². The lowest BCUT2D eigenvalue weighted by molar-refractivity contribution is -0.117. The van der Waals surface area contributed by atoms with Crippen LogP contribution in [0.25, 0.3) is 0 Å². The Morgan fingerprint density at radius 3 is 2.38 bits per heavy atom. The van der Waals surface area contributed by atoms with E-state index in [1.165, 1.54) is 0 Å². The second-order valence-corrected chi connectivity index (χ2v) is 6.44. The maximum absolute atomic E-state index is 11.8. The third-order valence-corrected chi connectivity index (χ3v) is 4.43. The first-order valence-corrected chi connectivity index (χ1v) is 8.50. The van der Waals surface area contributed by atoms with Crippen LogP contribution in [0.4, 0.5) is 5.69 Å². The summed E-state index contributed by atoms with van der Waals surface area (Å²) in [6, 6.07) is 17.6. The van der Waals surface area contributed by atoms with E-state index >= 15 is 0 Å². The Bertz CT molecular complexity index is 666. The number of carbonyl (C=O) groups excluding carboxylic acids is 1. The molecule has 4 nitrogen and oxygen atoms in total. The highest BCUT2D eigenvalue weighted by atomic mass is 16.3. The maximum atomic E-state index is 11.8. The minimum absolute atomic E-state index is 0.122. The Morgan fingerprint density at radius 2 is 1.75 bits per heavy atom. The van der Waals surface area contributed by atoms with Gasteiger partial charge in [-0.2, -0.15) is 0 Å². The standard InChI is InChI=1S/C20H24N2O2/c1-14(21-13-19(23)16-5-3-2-4-6-16)15-9-11-18(12-10-15)22-20(24)17-7-8-17/h2-6,9-12,14,17,19,21,23H,7-8,13H2,1H3,(H,22,24). The number of aliphatic hydroxyl groups is 1. The fraction of sp³-hybridized carbons (Fsp3) is 0.350. The average Bonchev–Trinajstić information content (AvgIpc) is 3.46. The first kappa shape index (κ1) is 16.7. The molecule has 0 aromatic heterocycles. The van der Waals surface area contributed by atoms with Crippen LogP contribution in [-0.4, -0.2) is 17.6 Å². The number of benzene rings is 2. The average molecular weight is 324 g/mol. The molecule has 0 heterocycles. The number of hydrogen-bond acceptors (Lipinski definition) is 3. The van der Waals surface area contributed by atoms with Crippen molar-refractivity contribution in [3.8, 4) is 0 Å². The summed E-state index contributed by atoms with van der Waals surface area (Å²) in [5.41, 5.74) is 2.88. The molecule has 2 aromatic rings. The Hall–Kier alpha value is -2.17. The van der Waals surface area contributed by atoms with E-state index in [2.05, 4.69) is 17.6 Å².